The van der Waals surface area contributed by atoms with Gasteiger partial charge in [-0.15, -0.1) is 0 Å². The van der Waals surface area contributed by atoms with E-state index in [2.05, 4.69) is 30.4 Å². The lowest BCUT2D eigenvalue weighted by molar-refractivity contribution is 0.102. The molecule has 2 heterocycles. The number of aromatic nitrogens is 4. The third kappa shape index (κ3) is 2.79. The molecule has 2 aromatic heterocycles. The molecule has 8 heteroatoms. The quantitative estimate of drug-likeness (QED) is 0.767. The molecule has 1 aromatic carbocycles. The summed E-state index contributed by atoms with van der Waals surface area (Å²) in [4.78, 5) is 16.6. The second-order valence-corrected chi connectivity index (χ2v) is 4.96. The van der Waals surface area contributed by atoms with Gasteiger partial charge < -0.3 is 5.32 Å². The van der Waals surface area contributed by atoms with Gasteiger partial charge in [0.1, 0.15) is 5.69 Å². The lowest BCUT2D eigenvalue weighted by Gasteiger charge is -2.10. The first-order valence-corrected chi connectivity index (χ1v) is 7.15. The van der Waals surface area contributed by atoms with Crippen molar-refractivity contribution in [2.24, 2.45) is 0 Å². The molecule has 0 atom stereocenters. The average Bonchev–Trinajstić information content (AvgIpc) is 3.00. The van der Waals surface area contributed by atoms with E-state index in [9.17, 15) is 4.79 Å². The molecular formula is C13H12N6OS. The van der Waals surface area contributed by atoms with Gasteiger partial charge in [0.25, 0.3) is 5.91 Å². The molecule has 3 rings (SSSR count). The lowest BCUT2D eigenvalue weighted by atomic mass is 10.1. The second kappa shape index (κ2) is 5.80. The summed E-state index contributed by atoms with van der Waals surface area (Å²) in [5.74, 6) is -0.335. The molecule has 1 amide bonds. The van der Waals surface area contributed by atoms with Crippen LogP contribution in [0.25, 0.3) is 10.9 Å². The Morgan fingerprint density at radius 1 is 1.33 bits per heavy atom. The number of para-hydroxylation sites is 1. The monoisotopic (exact) mass is 300 g/mol. The first-order chi connectivity index (χ1) is 10.3. The Morgan fingerprint density at radius 2 is 2.19 bits per heavy atom. The molecule has 0 saturated heterocycles. The van der Waals surface area contributed by atoms with Gasteiger partial charge in [-0.05, 0) is 24.3 Å². The van der Waals surface area contributed by atoms with Crippen molar-refractivity contribution in [2.45, 2.75) is 6.92 Å². The first-order valence-electron chi connectivity index (χ1n) is 6.38. The minimum absolute atomic E-state index is 0.319. The predicted molar refractivity (Wildman–Crippen MR) is 81.6 cm³/mol. The number of amides is 1. The fourth-order valence-corrected chi connectivity index (χ4v) is 2.33. The zero-order valence-corrected chi connectivity index (χ0v) is 12.0. The summed E-state index contributed by atoms with van der Waals surface area (Å²) in [5, 5.41) is 14.3. The standard InChI is InChI=1S/C13H12N6OS/c1-2-14-10-7-11(12(20)16-13-17-18-19-21-13)15-9-6-4-3-5-8(9)10/h3-7H,2H2,1H3,(H,14,15)(H,16,17,19,20). The zero-order chi connectivity index (χ0) is 14.7. The van der Waals surface area contributed by atoms with Gasteiger partial charge in [0.2, 0.25) is 5.13 Å². The molecule has 0 radical (unpaired) electrons. The highest BCUT2D eigenvalue weighted by molar-refractivity contribution is 7.09. The molecule has 21 heavy (non-hydrogen) atoms. The van der Waals surface area contributed by atoms with E-state index in [4.69, 9.17) is 0 Å². The van der Waals surface area contributed by atoms with Crippen LogP contribution in [0.5, 0.6) is 0 Å². The van der Waals surface area contributed by atoms with Crippen molar-refractivity contribution in [1.82, 2.24) is 19.8 Å². The average molecular weight is 300 g/mol. The molecule has 3 aromatic rings. The van der Waals surface area contributed by atoms with Crippen LogP contribution in [0, 0.1) is 0 Å². The molecule has 0 fully saturated rings. The van der Waals surface area contributed by atoms with Crippen LogP contribution in [0.3, 0.4) is 0 Å². The first kappa shape index (κ1) is 13.4. The fourth-order valence-electron chi connectivity index (χ4n) is 1.97. The smallest absolute Gasteiger partial charge is 0.276 e. The van der Waals surface area contributed by atoms with Crippen molar-refractivity contribution in [3.63, 3.8) is 0 Å². The van der Waals surface area contributed by atoms with Crippen LogP contribution >= 0.6 is 11.5 Å². The highest BCUT2D eigenvalue weighted by atomic mass is 32.1. The van der Waals surface area contributed by atoms with Crippen LogP contribution in [0.15, 0.2) is 30.3 Å². The summed E-state index contributed by atoms with van der Waals surface area (Å²) in [6.07, 6.45) is 0. The number of fused-ring (bicyclic) bond motifs is 1. The summed E-state index contributed by atoms with van der Waals surface area (Å²) in [5.41, 5.74) is 1.96. The normalized spacial score (nSPS) is 10.5. The van der Waals surface area contributed by atoms with Crippen LogP contribution in [0.4, 0.5) is 10.8 Å². The van der Waals surface area contributed by atoms with Gasteiger partial charge in [-0.3, -0.25) is 10.1 Å². The van der Waals surface area contributed by atoms with Gasteiger partial charge >= 0.3 is 0 Å². The van der Waals surface area contributed by atoms with E-state index >= 15 is 0 Å². The predicted octanol–water partition coefficient (Wildman–Crippen LogP) is 2.17. The van der Waals surface area contributed by atoms with Crippen molar-refractivity contribution in [1.29, 1.82) is 0 Å². The zero-order valence-electron chi connectivity index (χ0n) is 11.2. The number of hydrogen-bond acceptors (Lipinski definition) is 7. The van der Waals surface area contributed by atoms with E-state index < -0.39 is 0 Å². The molecule has 0 aliphatic rings. The van der Waals surface area contributed by atoms with Crippen molar-refractivity contribution < 1.29 is 4.79 Å². The van der Waals surface area contributed by atoms with Crippen molar-refractivity contribution in [3.05, 3.63) is 36.0 Å². The lowest BCUT2D eigenvalue weighted by Crippen LogP contribution is -2.14. The molecule has 0 unspecified atom stereocenters. The van der Waals surface area contributed by atoms with Gasteiger partial charge in [-0.1, -0.05) is 27.8 Å². The molecule has 2 N–H and O–H groups in total. The van der Waals surface area contributed by atoms with Crippen LogP contribution in [0.1, 0.15) is 17.4 Å². The molecule has 0 spiro atoms. The van der Waals surface area contributed by atoms with Gasteiger partial charge in [0.05, 0.1) is 5.52 Å². The van der Waals surface area contributed by atoms with Crippen LogP contribution in [-0.4, -0.2) is 32.2 Å². The topological polar surface area (TPSA) is 92.7 Å². The van der Waals surface area contributed by atoms with Gasteiger partial charge in [0.15, 0.2) is 0 Å². The summed E-state index contributed by atoms with van der Waals surface area (Å²) in [7, 11) is 0. The van der Waals surface area contributed by atoms with Crippen LogP contribution < -0.4 is 10.6 Å². The van der Waals surface area contributed by atoms with E-state index in [1.165, 1.54) is 0 Å². The van der Waals surface area contributed by atoms with E-state index in [0.717, 1.165) is 34.7 Å². The Labute approximate surface area is 124 Å². The third-order valence-electron chi connectivity index (χ3n) is 2.84. The number of anilines is 2. The SMILES string of the molecule is CCNc1cc(C(=O)Nc2nnns2)nc2ccccc12. The number of pyridine rings is 1. The maximum atomic E-state index is 12.2. The third-order valence-corrected chi connectivity index (χ3v) is 3.35. The molecule has 106 valence electrons. The van der Waals surface area contributed by atoms with Crippen molar-refractivity contribution in [3.8, 4) is 0 Å². The molecule has 0 saturated carbocycles. The van der Waals surface area contributed by atoms with Crippen LogP contribution in [-0.2, 0) is 0 Å². The summed E-state index contributed by atoms with van der Waals surface area (Å²) < 4.78 is 3.60. The Bertz CT molecular complexity index is 773. The number of carbonyl (C=O) groups is 1. The van der Waals surface area contributed by atoms with E-state index in [-0.39, 0.29) is 5.91 Å². The maximum Gasteiger partial charge on any atom is 0.276 e. The van der Waals surface area contributed by atoms with E-state index in [1.807, 2.05) is 31.2 Å². The van der Waals surface area contributed by atoms with Crippen LogP contribution in [0.2, 0.25) is 0 Å². The minimum atomic E-state index is -0.335. The van der Waals surface area contributed by atoms with Gasteiger partial charge in [-0.25, -0.2) is 4.98 Å². The number of nitrogens with one attached hydrogen (secondary N) is 2. The maximum absolute atomic E-state index is 12.2. The summed E-state index contributed by atoms with van der Waals surface area (Å²) >= 11 is 1.02. The Kier molecular flexibility index (Phi) is 3.69. The number of hydrogen-bond donors (Lipinski definition) is 2. The number of nitrogens with zero attached hydrogens (tertiary/aromatic N) is 4. The summed E-state index contributed by atoms with van der Waals surface area (Å²) in [6, 6.07) is 9.41. The molecule has 7 nitrogen and oxygen atoms in total. The fraction of sp³-hybridized carbons (Fsp3) is 0.154. The van der Waals surface area contributed by atoms with E-state index in [0.29, 0.717) is 10.8 Å². The highest BCUT2D eigenvalue weighted by Crippen LogP contribution is 2.23. The molecular weight excluding hydrogens is 288 g/mol. The van der Waals surface area contributed by atoms with Crippen molar-refractivity contribution >= 4 is 39.2 Å². The number of rotatable bonds is 4. The molecule has 0 aliphatic carbocycles. The largest absolute Gasteiger partial charge is 0.385 e. The Hall–Kier alpha value is -2.61. The molecule has 0 aliphatic heterocycles. The van der Waals surface area contributed by atoms with Gasteiger partial charge in [-0.2, -0.15) is 0 Å². The highest BCUT2D eigenvalue weighted by Gasteiger charge is 2.13. The Morgan fingerprint density at radius 3 is 2.95 bits per heavy atom. The number of carbonyl (C=O) groups excluding carboxylic acids is 1. The summed E-state index contributed by atoms with van der Waals surface area (Å²) in [6.45, 7) is 2.76. The number of benzene rings is 1. The van der Waals surface area contributed by atoms with Crippen molar-refractivity contribution in [2.75, 3.05) is 17.2 Å². The minimum Gasteiger partial charge on any atom is -0.385 e. The van der Waals surface area contributed by atoms with E-state index in [1.54, 1.807) is 6.07 Å². The molecule has 0 bridgehead atoms. The second-order valence-electron chi connectivity index (χ2n) is 4.22. The van der Waals surface area contributed by atoms with Gasteiger partial charge in [0, 0.05) is 29.2 Å². The Balaban J connectivity index is 2.00.